The number of aliphatic carboxylic acids is 1. The Morgan fingerprint density at radius 1 is 1.13 bits per heavy atom. The number of aromatic nitrogens is 1. The number of likely N-dealkylation sites (tertiary alicyclic amines) is 1. The van der Waals surface area contributed by atoms with Gasteiger partial charge in [-0.2, -0.15) is 0 Å². The minimum absolute atomic E-state index is 0.00479. The van der Waals surface area contributed by atoms with Gasteiger partial charge in [-0.05, 0) is 60.7 Å². The second-order valence-corrected chi connectivity index (χ2v) is 13.1. The maximum atomic E-state index is 15.9. The molecule has 1 fully saturated rings. The summed E-state index contributed by atoms with van der Waals surface area (Å²) in [6, 6.07) is 13.0. The number of halogens is 1. The third kappa shape index (κ3) is 6.14. The highest BCUT2D eigenvalue weighted by Gasteiger charge is 2.46. The van der Waals surface area contributed by atoms with Crippen LogP contribution in [0.5, 0.6) is 11.5 Å². The maximum Gasteiger partial charge on any atom is 0.309 e. The molecule has 1 amide bonds. The first-order chi connectivity index (χ1) is 22.0. The number of nitrogens with one attached hydrogen (secondary N) is 1. The van der Waals surface area contributed by atoms with Crippen molar-refractivity contribution < 1.29 is 37.0 Å². The number of hydrogen-bond donors (Lipinski definition) is 3. The minimum Gasteiger partial charge on any atom is -0.493 e. The lowest BCUT2D eigenvalue weighted by molar-refractivity contribution is -0.143. The minimum atomic E-state index is -3.79. The van der Waals surface area contributed by atoms with Gasteiger partial charge < -0.3 is 30.5 Å². The van der Waals surface area contributed by atoms with E-state index >= 15 is 4.39 Å². The van der Waals surface area contributed by atoms with Crippen molar-refractivity contribution in [3.05, 3.63) is 83.8 Å². The number of rotatable bonds is 11. The van der Waals surface area contributed by atoms with E-state index in [1.54, 1.807) is 49.5 Å². The van der Waals surface area contributed by atoms with E-state index in [2.05, 4.69) is 10.3 Å². The van der Waals surface area contributed by atoms with Gasteiger partial charge in [0.2, 0.25) is 5.91 Å². The molecule has 3 atom stereocenters. The van der Waals surface area contributed by atoms with Gasteiger partial charge in [0.15, 0.2) is 21.3 Å². The SMILES string of the molecule is CCOc1cc([C@@H](Nc2ccc3c(N)nccc3c2)C(=O)N2CCC(C(=O)O)C2c2ccccc2S(=O)(=O)CC)c(F)cc1OC. The first-order valence-corrected chi connectivity index (χ1v) is 16.4. The van der Waals surface area contributed by atoms with Crippen molar-refractivity contribution in [2.75, 3.05) is 37.1 Å². The summed E-state index contributed by atoms with van der Waals surface area (Å²) in [7, 11) is -2.42. The number of benzene rings is 3. The zero-order valence-electron chi connectivity index (χ0n) is 25.6. The van der Waals surface area contributed by atoms with Crippen LogP contribution >= 0.6 is 0 Å². The number of nitrogen functional groups attached to an aromatic ring is 1. The monoisotopic (exact) mass is 650 g/mol. The summed E-state index contributed by atoms with van der Waals surface area (Å²) in [5.41, 5.74) is 6.59. The second-order valence-electron chi connectivity index (χ2n) is 10.8. The molecule has 242 valence electrons. The summed E-state index contributed by atoms with van der Waals surface area (Å²) in [5.74, 6) is -3.26. The standard InChI is InChI=1S/C33H35FN4O7S/c1-4-45-27-17-24(25(34)18-26(27)44-3)29(37-20-10-11-21-19(16-20)12-14-36-31(21)35)32(39)38-15-13-23(33(40)41)30(38)22-8-6-7-9-28(22)46(42,43)5-2/h6-12,14,16-18,23,29-30,37H,4-5,13,15H2,1-3H3,(H2,35,36)(H,40,41)/t23?,29-,30?/m1/s1. The molecule has 0 aliphatic carbocycles. The Morgan fingerprint density at radius 3 is 2.59 bits per heavy atom. The number of nitrogens with two attached hydrogens (primary N) is 1. The summed E-state index contributed by atoms with van der Waals surface area (Å²) in [6.07, 6.45) is 1.61. The van der Waals surface area contributed by atoms with Gasteiger partial charge in [-0.3, -0.25) is 9.59 Å². The van der Waals surface area contributed by atoms with Crippen LogP contribution in [-0.4, -0.2) is 61.3 Å². The highest BCUT2D eigenvalue weighted by atomic mass is 32.2. The Morgan fingerprint density at radius 2 is 1.89 bits per heavy atom. The van der Waals surface area contributed by atoms with E-state index in [1.165, 1.54) is 37.1 Å². The molecule has 4 aromatic rings. The third-order valence-corrected chi connectivity index (χ3v) is 10.00. The number of pyridine rings is 1. The number of sulfone groups is 1. The van der Waals surface area contributed by atoms with Crippen LogP contribution in [0.25, 0.3) is 10.8 Å². The van der Waals surface area contributed by atoms with Gasteiger partial charge in [0, 0.05) is 35.4 Å². The van der Waals surface area contributed by atoms with Crippen molar-refractivity contribution >= 4 is 44.0 Å². The maximum absolute atomic E-state index is 15.9. The number of fused-ring (bicyclic) bond motifs is 1. The Kier molecular flexibility index (Phi) is 9.33. The van der Waals surface area contributed by atoms with E-state index in [0.29, 0.717) is 16.9 Å². The van der Waals surface area contributed by atoms with Crippen LogP contribution in [0, 0.1) is 11.7 Å². The number of carboxylic acid groups (broad SMARTS) is 1. The normalized spacial score (nSPS) is 17.1. The molecular weight excluding hydrogens is 615 g/mol. The van der Waals surface area contributed by atoms with E-state index in [-0.39, 0.29) is 52.8 Å². The van der Waals surface area contributed by atoms with Crippen molar-refractivity contribution in [2.24, 2.45) is 5.92 Å². The lowest BCUT2D eigenvalue weighted by atomic mass is 9.93. The number of methoxy groups -OCH3 is 1. The predicted molar refractivity (Wildman–Crippen MR) is 171 cm³/mol. The fourth-order valence-electron chi connectivity index (χ4n) is 5.94. The smallest absolute Gasteiger partial charge is 0.309 e. The predicted octanol–water partition coefficient (Wildman–Crippen LogP) is 4.98. The van der Waals surface area contributed by atoms with Crippen molar-refractivity contribution in [3.8, 4) is 11.5 Å². The first-order valence-electron chi connectivity index (χ1n) is 14.8. The van der Waals surface area contributed by atoms with Gasteiger partial charge >= 0.3 is 5.97 Å². The van der Waals surface area contributed by atoms with Crippen molar-refractivity contribution in [1.82, 2.24) is 9.88 Å². The quantitative estimate of drug-likeness (QED) is 0.202. The van der Waals surface area contributed by atoms with Gasteiger partial charge in [0.1, 0.15) is 17.7 Å². The number of carbonyl (C=O) groups excluding carboxylic acids is 1. The lowest BCUT2D eigenvalue weighted by Crippen LogP contribution is -2.40. The molecular formula is C33H35FN4O7S. The molecule has 1 aromatic heterocycles. The van der Waals surface area contributed by atoms with Crippen molar-refractivity contribution in [1.29, 1.82) is 0 Å². The lowest BCUT2D eigenvalue weighted by Gasteiger charge is -2.32. The summed E-state index contributed by atoms with van der Waals surface area (Å²) < 4.78 is 53.1. The molecule has 13 heteroatoms. The zero-order chi connectivity index (χ0) is 33.2. The fourth-order valence-corrected chi connectivity index (χ4v) is 7.09. The van der Waals surface area contributed by atoms with Crippen LogP contribution in [0.15, 0.2) is 71.8 Å². The van der Waals surface area contributed by atoms with Crippen molar-refractivity contribution in [3.63, 3.8) is 0 Å². The molecule has 1 aliphatic heterocycles. The number of hydrogen-bond acceptors (Lipinski definition) is 9. The highest BCUT2D eigenvalue weighted by Crippen LogP contribution is 2.43. The number of ether oxygens (including phenoxy) is 2. The molecule has 1 saturated heterocycles. The average molecular weight is 651 g/mol. The average Bonchev–Trinajstić information content (AvgIpc) is 3.50. The van der Waals surface area contributed by atoms with Gasteiger partial charge in [-0.1, -0.05) is 25.1 Å². The first kappa shape index (κ1) is 32.5. The van der Waals surface area contributed by atoms with Gasteiger partial charge in [-0.15, -0.1) is 0 Å². The number of carbonyl (C=O) groups is 2. The van der Waals surface area contributed by atoms with E-state index in [4.69, 9.17) is 15.2 Å². The van der Waals surface area contributed by atoms with Crippen molar-refractivity contribution in [2.45, 2.75) is 37.2 Å². The van der Waals surface area contributed by atoms with Crippen LogP contribution in [-0.2, 0) is 19.4 Å². The fraction of sp³-hybridized carbons (Fsp3) is 0.303. The van der Waals surface area contributed by atoms with E-state index in [0.717, 1.165) is 11.5 Å². The molecule has 0 spiro atoms. The summed E-state index contributed by atoms with van der Waals surface area (Å²) in [4.78, 5) is 32.6. The number of carboxylic acids is 1. The van der Waals surface area contributed by atoms with Gasteiger partial charge in [-0.25, -0.2) is 17.8 Å². The van der Waals surface area contributed by atoms with E-state index < -0.39 is 45.5 Å². The van der Waals surface area contributed by atoms with Gasteiger partial charge in [0.05, 0.1) is 36.3 Å². The molecule has 5 rings (SSSR count). The molecule has 0 saturated carbocycles. The molecule has 2 heterocycles. The van der Waals surface area contributed by atoms with Gasteiger partial charge in [0.25, 0.3) is 0 Å². The largest absolute Gasteiger partial charge is 0.493 e. The second kappa shape index (κ2) is 13.2. The number of amides is 1. The van der Waals surface area contributed by atoms with Crippen LogP contribution in [0.4, 0.5) is 15.9 Å². The molecule has 2 unspecified atom stereocenters. The molecule has 0 radical (unpaired) electrons. The van der Waals surface area contributed by atoms with Crippen LogP contribution in [0.1, 0.15) is 43.5 Å². The molecule has 46 heavy (non-hydrogen) atoms. The molecule has 4 N–H and O–H groups in total. The van der Waals surface area contributed by atoms with E-state index in [1.807, 2.05) is 0 Å². The Labute approximate surface area is 266 Å². The Hall–Kier alpha value is -4.91. The molecule has 0 bridgehead atoms. The molecule has 3 aromatic carbocycles. The van der Waals surface area contributed by atoms with Crippen LogP contribution in [0.3, 0.4) is 0 Å². The zero-order valence-corrected chi connectivity index (χ0v) is 26.4. The summed E-state index contributed by atoms with van der Waals surface area (Å²) >= 11 is 0. The topological polar surface area (TPSA) is 161 Å². The van der Waals surface area contributed by atoms with Crippen LogP contribution < -0.4 is 20.5 Å². The third-order valence-electron chi connectivity index (χ3n) is 8.20. The van der Waals surface area contributed by atoms with E-state index in [9.17, 15) is 23.1 Å². The summed E-state index contributed by atoms with van der Waals surface area (Å²) in [5, 5.41) is 14.7. The summed E-state index contributed by atoms with van der Waals surface area (Å²) in [6.45, 7) is 3.48. The number of anilines is 2. The molecule has 1 aliphatic rings. The van der Waals surface area contributed by atoms with Crippen LogP contribution in [0.2, 0.25) is 0 Å². The Balaban J connectivity index is 1.66. The Bertz CT molecular complexity index is 1900. The highest BCUT2D eigenvalue weighted by molar-refractivity contribution is 7.91. The number of nitrogens with zero attached hydrogens (tertiary/aromatic N) is 2. The molecule has 11 nitrogen and oxygen atoms in total.